The monoisotopic (exact) mass is 382 g/mol. The number of nitrogens with zero attached hydrogens (tertiary/aromatic N) is 3. The number of rotatable bonds is 7. The maximum Gasteiger partial charge on any atom is 0.287 e. The molecule has 3 rings (SSSR count). The number of carbonyl (C=O) groups excluding carboxylic acids is 2. The number of fused-ring (bicyclic) bond motifs is 1. The van der Waals surface area contributed by atoms with Gasteiger partial charge in [0.1, 0.15) is 5.69 Å². The summed E-state index contributed by atoms with van der Waals surface area (Å²) < 4.78 is 1.94. The normalized spacial score (nSPS) is 13.1. The van der Waals surface area contributed by atoms with Crippen molar-refractivity contribution < 1.29 is 9.59 Å². The third-order valence-electron chi connectivity index (χ3n) is 5.29. The molecule has 0 radical (unpaired) electrons. The quantitative estimate of drug-likeness (QED) is 0.799. The molecule has 1 aliphatic rings. The van der Waals surface area contributed by atoms with Gasteiger partial charge in [-0.1, -0.05) is 43.2 Å². The van der Waals surface area contributed by atoms with E-state index in [1.807, 2.05) is 42.8 Å². The minimum absolute atomic E-state index is 0.0864. The molecule has 0 saturated heterocycles. The Morgan fingerprint density at radius 3 is 2.68 bits per heavy atom. The van der Waals surface area contributed by atoms with Gasteiger partial charge in [0.05, 0.1) is 5.69 Å². The van der Waals surface area contributed by atoms with Crippen molar-refractivity contribution >= 4 is 11.8 Å². The lowest BCUT2D eigenvalue weighted by Crippen LogP contribution is -2.29. The molecular weight excluding hydrogens is 352 g/mol. The van der Waals surface area contributed by atoms with Crippen LogP contribution in [0.3, 0.4) is 0 Å². The van der Waals surface area contributed by atoms with Crippen molar-refractivity contribution in [2.24, 2.45) is 0 Å². The summed E-state index contributed by atoms with van der Waals surface area (Å²) in [7, 11) is 1.81. The van der Waals surface area contributed by atoms with Crippen molar-refractivity contribution in [2.45, 2.75) is 59.0 Å². The van der Waals surface area contributed by atoms with Gasteiger partial charge in [-0.05, 0) is 38.2 Å². The van der Waals surface area contributed by atoms with Gasteiger partial charge in [0.15, 0.2) is 5.82 Å². The summed E-state index contributed by atoms with van der Waals surface area (Å²) in [6, 6.07) is 8.08. The largest absolute Gasteiger partial charge is 0.345 e. The summed E-state index contributed by atoms with van der Waals surface area (Å²) in [4.78, 5) is 31.9. The fourth-order valence-electron chi connectivity index (χ4n) is 3.53. The molecule has 2 amide bonds. The minimum atomic E-state index is -0.223. The second-order valence-electron chi connectivity index (χ2n) is 7.59. The summed E-state index contributed by atoms with van der Waals surface area (Å²) in [5, 5.41) is 2.95. The molecule has 1 N–H and O–H groups in total. The number of aryl methyl sites for hydroxylation is 1. The Kier molecular flexibility index (Phi) is 6.49. The molecule has 2 heterocycles. The zero-order valence-electron chi connectivity index (χ0n) is 17.1. The van der Waals surface area contributed by atoms with E-state index in [4.69, 9.17) is 0 Å². The van der Waals surface area contributed by atoms with E-state index in [0.29, 0.717) is 24.6 Å². The molecule has 0 aliphatic carbocycles. The van der Waals surface area contributed by atoms with Crippen molar-refractivity contribution in [2.75, 3.05) is 13.6 Å². The van der Waals surface area contributed by atoms with Gasteiger partial charge in [0.25, 0.3) is 11.8 Å². The number of nitrogens with one attached hydrogen (secondary N) is 1. The van der Waals surface area contributed by atoms with Crippen LogP contribution in [0, 0.1) is 6.92 Å². The SMILES string of the molecule is CCCCN(C)C(=O)c1nc(C(=O)NCc2ccc(C)cc2)n2c1CCCC2. The number of benzene rings is 1. The number of aromatic nitrogens is 2. The molecule has 28 heavy (non-hydrogen) atoms. The predicted octanol–water partition coefficient (Wildman–Crippen LogP) is 3.33. The van der Waals surface area contributed by atoms with Gasteiger partial charge in [-0.2, -0.15) is 0 Å². The first kappa shape index (κ1) is 20.1. The zero-order chi connectivity index (χ0) is 20.1. The molecule has 0 fully saturated rings. The Morgan fingerprint density at radius 2 is 1.96 bits per heavy atom. The number of hydrogen-bond donors (Lipinski definition) is 1. The van der Waals surface area contributed by atoms with E-state index in [-0.39, 0.29) is 11.8 Å². The lowest BCUT2D eigenvalue weighted by atomic mass is 10.1. The summed E-state index contributed by atoms with van der Waals surface area (Å²) in [5.74, 6) is 0.0460. The molecule has 6 heteroatoms. The molecule has 150 valence electrons. The highest BCUT2D eigenvalue weighted by Crippen LogP contribution is 2.22. The van der Waals surface area contributed by atoms with Crippen molar-refractivity contribution in [1.29, 1.82) is 0 Å². The van der Waals surface area contributed by atoms with Crippen molar-refractivity contribution in [3.8, 4) is 0 Å². The maximum absolute atomic E-state index is 12.9. The van der Waals surface area contributed by atoms with Gasteiger partial charge in [-0.3, -0.25) is 9.59 Å². The molecule has 1 aromatic heterocycles. The number of carbonyl (C=O) groups is 2. The molecule has 0 atom stereocenters. The molecule has 0 spiro atoms. The molecule has 6 nitrogen and oxygen atoms in total. The average molecular weight is 383 g/mol. The van der Waals surface area contributed by atoms with Crippen LogP contribution >= 0.6 is 0 Å². The molecule has 2 aromatic rings. The third-order valence-corrected chi connectivity index (χ3v) is 5.29. The lowest BCUT2D eigenvalue weighted by Gasteiger charge is -2.19. The topological polar surface area (TPSA) is 67.2 Å². The summed E-state index contributed by atoms with van der Waals surface area (Å²) in [6.07, 6.45) is 4.81. The fraction of sp³-hybridized carbons (Fsp3) is 0.500. The van der Waals surface area contributed by atoms with Crippen molar-refractivity contribution in [3.05, 3.63) is 52.6 Å². The van der Waals surface area contributed by atoms with E-state index in [1.165, 1.54) is 5.56 Å². The molecule has 0 unspecified atom stereocenters. The Balaban J connectivity index is 1.78. The molecule has 0 saturated carbocycles. The highest BCUT2D eigenvalue weighted by molar-refractivity contribution is 5.97. The van der Waals surface area contributed by atoms with Crippen LogP contribution in [-0.2, 0) is 19.5 Å². The van der Waals surface area contributed by atoms with Crippen LogP contribution in [0.25, 0.3) is 0 Å². The zero-order valence-corrected chi connectivity index (χ0v) is 17.1. The molecule has 1 aliphatic heterocycles. The standard InChI is InChI=1S/C22H30N4O2/c1-4-5-13-25(3)22(28)19-18-8-6-7-14-26(18)20(24-19)21(27)23-15-17-11-9-16(2)10-12-17/h9-12H,4-8,13-15H2,1-3H3,(H,23,27). The first-order valence-electron chi connectivity index (χ1n) is 10.2. The lowest BCUT2D eigenvalue weighted by molar-refractivity contribution is 0.0786. The van der Waals surface area contributed by atoms with Crippen LogP contribution in [-0.4, -0.2) is 39.9 Å². The summed E-state index contributed by atoms with van der Waals surface area (Å²) in [5.41, 5.74) is 3.58. The predicted molar refractivity (Wildman–Crippen MR) is 109 cm³/mol. The van der Waals surface area contributed by atoms with E-state index >= 15 is 0 Å². The summed E-state index contributed by atoms with van der Waals surface area (Å²) >= 11 is 0. The fourth-order valence-corrected chi connectivity index (χ4v) is 3.53. The van der Waals surface area contributed by atoms with Crippen LogP contribution in [0.1, 0.15) is 70.5 Å². The smallest absolute Gasteiger partial charge is 0.287 e. The van der Waals surface area contributed by atoms with Crippen LogP contribution in [0.2, 0.25) is 0 Å². The van der Waals surface area contributed by atoms with E-state index in [9.17, 15) is 9.59 Å². The number of hydrogen-bond acceptors (Lipinski definition) is 3. The van der Waals surface area contributed by atoms with E-state index in [1.54, 1.807) is 4.90 Å². The molecular formula is C22H30N4O2. The van der Waals surface area contributed by atoms with Crippen molar-refractivity contribution in [1.82, 2.24) is 19.8 Å². The third kappa shape index (κ3) is 4.43. The van der Waals surface area contributed by atoms with Crippen LogP contribution in [0.5, 0.6) is 0 Å². The first-order valence-corrected chi connectivity index (χ1v) is 10.2. The number of amides is 2. The van der Waals surface area contributed by atoms with Crippen LogP contribution < -0.4 is 5.32 Å². The van der Waals surface area contributed by atoms with Gasteiger partial charge < -0.3 is 14.8 Å². The van der Waals surface area contributed by atoms with Gasteiger partial charge in [0.2, 0.25) is 0 Å². The molecule has 1 aromatic carbocycles. The van der Waals surface area contributed by atoms with Gasteiger partial charge in [0, 0.05) is 26.7 Å². The van der Waals surface area contributed by atoms with Crippen LogP contribution in [0.4, 0.5) is 0 Å². The second kappa shape index (κ2) is 9.04. The van der Waals surface area contributed by atoms with E-state index in [0.717, 1.165) is 49.9 Å². The van der Waals surface area contributed by atoms with Crippen molar-refractivity contribution in [3.63, 3.8) is 0 Å². The van der Waals surface area contributed by atoms with E-state index in [2.05, 4.69) is 17.2 Å². The van der Waals surface area contributed by atoms with Gasteiger partial charge >= 0.3 is 0 Å². The Hall–Kier alpha value is -2.63. The van der Waals surface area contributed by atoms with Crippen LogP contribution in [0.15, 0.2) is 24.3 Å². The Labute approximate surface area is 166 Å². The van der Waals surface area contributed by atoms with Gasteiger partial charge in [-0.15, -0.1) is 0 Å². The summed E-state index contributed by atoms with van der Waals surface area (Å²) in [6.45, 7) is 6.03. The molecule has 0 bridgehead atoms. The number of imidazole rings is 1. The Morgan fingerprint density at radius 1 is 1.21 bits per heavy atom. The maximum atomic E-state index is 12.9. The highest BCUT2D eigenvalue weighted by Gasteiger charge is 2.28. The van der Waals surface area contributed by atoms with E-state index < -0.39 is 0 Å². The minimum Gasteiger partial charge on any atom is -0.345 e. The number of unbranched alkanes of at least 4 members (excludes halogenated alkanes) is 1. The highest BCUT2D eigenvalue weighted by atomic mass is 16.2. The second-order valence-corrected chi connectivity index (χ2v) is 7.59. The first-order chi connectivity index (χ1) is 13.5. The van der Waals surface area contributed by atoms with Gasteiger partial charge in [-0.25, -0.2) is 4.98 Å². The average Bonchev–Trinajstić information content (AvgIpc) is 3.10. The Bertz CT molecular complexity index is 839.